The molecule has 2 rings (SSSR count). The first kappa shape index (κ1) is 11.4. The van der Waals surface area contributed by atoms with E-state index in [1.807, 2.05) is 0 Å². The molecule has 15 heavy (non-hydrogen) atoms. The van der Waals surface area contributed by atoms with Crippen LogP contribution >= 0.6 is 0 Å². The summed E-state index contributed by atoms with van der Waals surface area (Å²) in [5.74, 6) is 0. The molecule has 88 valence electrons. The number of nitrogens with one attached hydrogen (secondary N) is 1. The zero-order chi connectivity index (χ0) is 10.7. The van der Waals surface area contributed by atoms with Crippen LogP contribution in [-0.2, 0) is 0 Å². The Kier molecular flexibility index (Phi) is 3.68. The zero-order valence-corrected chi connectivity index (χ0v) is 10.4. The molecule has 0 aliphatic carbocycles. The van der Waals surface area contributed by atoms with E-state index in [4.69, 9.17) is 0 Å². The van der Waals surface area contributed by atoms with Gasteiger partial charge < -0.3 is 10.2 Å². The van der Waals surface area contributed by atoms with Crippen molar-refractivity contribution in [2.24, 2.45) is 5.41 Å². The van der Waals surface area contributed by atoms with Crippen molar-refractivity contribution in [3.05, 3.63) is 0 Å². The Morgan fingerprint density at radius 1 is 1.33 bits per heavy atom. The van der Waals surface area contributed by atoms with Crippen LogP contribution in [0.15, 0.2) is 0 Å². The maximum Gasteiger partial charge on any atom is 0.00676 e. The van der Waals surface area contributed by atoms with E-state index < -0.39 is 0 Å². The van der Waals surface area contributed by atoms with Crippen molar-refractivity contribution in [3.8, 4) is 0 Å². The molecule has 0 spiro atoms. The van der Waals surface area contributed by atoms with Gasteiger partial charge in [-0.3, -0.25) is 0 Å². The minimum absolute atomic E-state index is 0.629. The van der Waals surface area contributed by atoms with Crippen molar-refractivity contribution in [3.63, 3.8) is 0 Å². The lowest BCUT2D eigenvalue weighted by Crippen LogP contribution is -2.45. The lowest BCUT2D eigenvalue weighted by atomic mass is 9.76. The van der Waals surface area contributed by atoms with Gasteiger partial charge in [-0.05, 0) is 64.1 Å². The van der Waals surface area contributed by atoms with Gasteiger partial charge in [-0.1, -0.05) is 6.92 Å². The van der Waals surface area contributed by atoms with Crippen molar-refractivity contribution in [2.45, 2.75) is 52.0 Å². The summed E-state index contributed by atoms with van der Waals surface area (Å²) >= 11 is 0. The molecule has 0 aromatic carbocycles. The topological polar surface area (TPSA) is 15.3 Å². The maximum atomic E-state index is 3.49. The van der Waals surface area contributed by atoms with E-state index in [-0.39, 0.29) is 0 Å². The summed E-state index contributed by atoms with van der Waals surface area (Å²) in [5, 5.41) is 3.49. The first-order valence-corrected chi connectivity index (χ1v) is 6.70. The van der Waals surface area contributed by atoms with Crippen LogP contribution in [0.3, 0.4) is 0 Å². The summed E-state index contributed by atoms with van der Waals surface area (Å²) in [6, 6.07) is 0.836. The number of hydrogen-bond acceptors (Lipinski definition) is 2. The molecule has 0 radical (unpaired) electrons. The molecule has 0 saturated carbocycles. The highest BCUT2D eigenvalue weighted by atomic mass is 15.2. The standard InChI is InChI=1S/C13H26N2/c1-3-13(6-8-14-9-7-13)11-15-10-4-5-12(15)2/h12,14H,3-11H2,1-2H3. The van der Waals surface area contributed by atoms with E-state index in [9.17, 15) is 0 Å². The summed E-state index contributed by atoms with van der Waals surface area (Å²) in [6.07, 6.45) is 6.95. The van der Waals surface area contributed by atoms with E-state index in [2.05, 4.69) is 24.1 Å². The summed E-state index contributed by atoms with van der Waals surface area (Å²) < 4.78 is 0. The van der Waals surface area contributed by atoms with Crippen LogP contribution in [0.5, 0.6) is 0 Å². The third-order valence-electron chi connectivity index (χ3n) is 4.64. The SMILES string of the molecule is CCC1(CN2CCCC2C)CCNCC1. The van der Waals surface area contributed by atoms with Crippen molar-refractivity contribution in [1.29, 1.82) is 0 Å². The van der Waals surface area contributed by atoms with Crippen molar-refractivity contribution < 1.29 is 0 Å². The second-order valence-corrected chi connectivity index (χ2v) is 5.57. The third kappa shape index (κ3) is 2.54. The van der Waals surface area contributed by atoms with Crippen molar-refractivity contribution >= 4 is 0 Å². The Morgan fingerprint density at radius 2 is 2.07 bits per heavy atom. The monoisotopic (exact) mass is 210 g/mol. The molecule has 1 atom stereocenters. The lowest BCUT2D eigenvalue weighted by molar-refractivity contribution is 0.103. The first-order valence-electron chi connectivity index (χ1n) is 6.70. The summed E-state index contributed by atoms with van der Waals surface area (Å²) in [7, 11) is 0. The van der Waals surface area contributed by atoms with Gasteiger partial charge in [-0.2, -0.15) is 0 Å². The van der Waals surface area contributed by atoms with E-state index >= 15 is 0 Å². The number of likely N-dealkylation sites (tertiary alicyclic amines) is 1. The number of piperidine rings is 1. The molecule has 2 aliphatic heterocycles. The van der Waals surface area contributed by atoms with Crippen LogP contribution in [0.1, 0.15) is 46.0 Å². The highest BCUT2D eigenvalue weighted by Gasteiger charge is 2.34. The van der Waals surface area contributed by atoms with Crippen molar-refractivity contribution in [2.75, 3.05) is 26.2 Å². The summed E-state index contributed by atoms with van der Waals surface area (Å²) in [5.41, 5.74) is 0.629. The fourth-order valence-corrected chi connectivity index (χ4v) is 3.24. The summed E-state index contributed by atoms with van der Waals surface area (Å²) in [6.45, 7) is 9.94. The van der Waals surface area contributed by atoms with Gasteiger partial charge in [0.05, 0.1) is 0 Å². The van der Waals surface area contributed by atoms with Crippen LogP contribution in [0.4, 0.5) is 0 Å². The fraction of sp³-hybridized carbons (Fsp3) is 1.00. The Morgan fingerprint density at radius 3 is 2.60 bits per heavy atom. The van der Waals surface area contributed by atoms with Gasteiger partial charge in [-0.25, -0.2) is 0 Å². The molecule has 2 fully saturated rings. The molecular formula is C13H26N2. The molecule has 0 bridgehead atoms. The molecule has 0 aromatic heterocycles. The molecule has 1 N–H and O–H groups in total. The third-order valence-corrected chi connectivity index (χ3v) is 4.64. The Hall–Kier alpha value is -0.0800. The van der Waals surface area contributed by atoms with Gasteiger partial charge in [0.25, 0.3) is 0 Å². The second-order valence-electron chi connectivity index (χ2n) is 5.57. The average molecular weight is 210 g/mol. The van der Waals surface area contributed by atoms with Gasteiger partial charge in [0, 0.05) is 12.6 Å². The molecule has 2 heteroatoms. The first-order chi connectivity index (χ1) is 7.26. The minimum atomic E-state index is 0.629. The predicted molar refractivity (Wildman–Crippen MR) is 65.1 cm³/mol. The maximum absolute atomic E-state index is 3.49. The largest absolute Gasteiger partial charge is 0.317 e. The van der Waals surface area contributed by atoms with Gasteiger partial charge in [0.2, 0.25) is 0 Å². The minimum Gasteiger partial charge on any atom is -0.317 e. The second kappa shape index (κ2) is 4.84. The quantitative estimate of drug-likeness (QED) is 0.768. The summed E-state index contributed by atoms with van der Waals surface area (Å²) in [4.78, 5) is 2.73. The molecule has 2 heterocycles. The molecule has 1 unspecified atom stereocenters. The molecule has 2 saturated heterocycles. The predicted octanol–water partition coefficient (Wildman–Crippen LogP) is 2.25. The van der Waals surface area contributed by atoms with E-state index in [1.165, 1.54) is 58.3 Å². The van der Waals surface area contributed by atoms with Crippen LogP contribution in [-0.4, -0.2) is 37.1 Å². The number of hydrogen-bond donors (Lipinski definition) is 1. The van der Waals surface area contributed by atoms with Crippen LogP contribution < -0.4 is 5.32 Å². The number of rotatable bonds is 3. The van der Waals surface area contributed by atoms with E-state index in [1.54, 1.807) is 0 Å². The fourth-order valence-electron chi connectivity index (χ4n) is 3.24. The van der Waals surface area contributed by atoms with Gasteiger partial charge in [0.1, 0.15) is 0 Å². The smallest absolute Gasteiger partial charge is 0.00676 e. The van der Waals surface area contributed by atoms with Crippen LogP contribution in [0, 0.1) is 5.41 Å². The Labute approximate surface area is 94.4 Å². The number of nitrogens with zero attached hydrogens (tertiary/aromatic N) is 1. The van der Waals surface area contributed by atoms with Crippen LogP contribution in [0.25, 0.3) is 0 Å². The van der Waals surface area contributed by atoms with Gasteiger partial charge >= 0.3 is 0 Å². The molecule has 2 nitrogen and oxygen atoms in total. The Balaban J connectivity index is 1.94. The zero-order valence-electron chi connectivity index (χ0n) is 10.4. The van der Waals surface area contributed by atoms with Gasteiger partial charge in [0.15, 0.2) is 0 Å². The highest BCUT2D eigenvalue weighted by Crippen LogP contribution is 2.35. The van der Waals surface area contributed by atoms with Gasteiger partial charge in [-0.15, -0.1) is 0 Å². The van der Waals surface area contributed by atoms with Crippen LogP contribution in [0.2, 0.25) is 0 Å². The average Bonchev–Trinajstić information content (AvgIpc) is 2.66. The van der Waals surface area contributed by atoms with Crippen molar-refractivity contribution in [1.82, 2.24) is 10.2 Å². The van der Waals surface area contributed by atoms with E-state index in [0.29, 0.717) is 5.41 Å². The lowest BCUT2D eigenvalue weighted by Gasteiger charge is -2.41. The molecule has 0 amide bonds. The molecule has 0 aromatic rings. The normalized spacial score (nSPS) is 32.0. The van der Waals surface area contributed by atoms with E-state index in [0.717, 1.165) is 6.04 Å². The Bertz CT molecular complexity index is 197. The molecular weight excluding hydrogens is 184 g/mol. The molecule has 2 aliphatic rings. The highest BCUT2D eigenvalue weighted by molar-refractivity contribution is 4.89.